The van der Waals surface area contributed by atoms with Crippen LogP contribution in [0.4, 0.5) is 14.5 Å². The molecule has 0 heterocycles. The predicted molar refractivity (Wildman–Crippen MR) is 99.2 cm³/mol. The van der Waals surface area contributed by atoms with E-state index in [9.17, 15) is 18.4 Å². The molecule has 4 nitrogen and oxygen atoms in total. The lowest BCUT2D eigenvalue weighted by molar-refractivity contribution is -0.155. The lowest BCUT2D eigenvalue weighted by Crippen LogP contribution is -2.33. The molecular weight excluding hydrogens is 352 g/mol. The van der Waals surface area contributed by atoms with E-state index in [1.54, 1.807) is 0 Å². The Morgan fingerprint density at radius 3 is 2.37 bits per heavy atom. The number of rotatable bonds is 7. The minimum absolute atomic E-state index is 0.0100. The quantitative estimate of drug-likeness (QED) is 0.716. The first-order chi connectivity index (χ1) is 12.8. The van der Waals surface area contributed by atoms with Crippen LogP contribution in [0.3, 0.4) is 0 Å². The van der Waals surface area contributed by atoms with Crippen molar-refractivity contribution >= 4 is 17.6 Å². The van der Waals surface area contributed by atoms with Gasteiger partial charge in [-0.05, 0) is 30.5 Å². The summed E-state index contributed by atoms with van der Waals surface area (Å²) in [5.74, 6) is -3.22. The van der Waals surface area contributed by atoms with Crippen molar-refractivity contribution in [2.45, 2.75) is 39.2 Å². The fourth-order valence-corrected chi connectivity index (χ4v) is 2.72. The Morgan fingerprint density at radius 2 is 1.74 bits per heavy atom. The SMILES string of the molecule is CC[C@@H](C)[C@@H](C(=O)O[C@@H](C)C(=O)Nc1cc(F)ccc1F)c1ccccc1. The van der Waals surface area contributed by atoms with E-state index in [2.05, 4.69) is 5.32 Å². The number of amides is 1. The first-order valence-corrected chi connectivity index (χ1v) is 8.84. The number of anilines is 1. The van der Waals surface area contributed by atoms with Crippen LogP contribution in [0.5, 0.6) is 0 Å². The minimum Gasteiger partial charge on any atom is -0.452 e. The summed E-state index contributed by atoms with van der Waals surface area (Å²) in [6.07, 6.45) is -0.403. The molecule has 2 aromatic rings. The molecule has 0 aliphatic rings. The number of ether oxygens (including phenoxy) is 1. The van der Waals surface area contributed by atoms with Gasteiger partial charge in [0, 0.05) is 6.07 Å². The van der Waals surface area contributed by atoms with Gasteiger partial charge in [0.05, 0.1) is 11.6 Å². The molecule has 27 heavy (non-hydrogen) atoms. The van der Waals surface area contributed by atoms with Crippen molar-refractivity contribution < 1.29 is 23.1 Å². The molecule has 1 N–H and O–H groups in total. The number of nitrogens with one attached hydrogen (secondary N) is 1. The van der Waals surface area contributed by atoms with Crippen LogP contribution in [0.15, 0.2) is 48.5 Å². The molecule has 0 spiro atoms. The standard InChI is InChI=1S/C21H23F2NO3/c1-4-13(2)19(15-8-6-5-7-9-15)21(26)27-14(3)20(25)24-18-12-16(22)10-11-17(18)23/h5-14,19H,4H2,1-3H3,(H,24,25)/t13-,14+,19-/m1/s1. The molecule has 0 aromatic heterocycles. The Morgan fingerprint density at radius 1 is 1.07 bits per heavy atom. The van der Waals surface area contributed by atoms with Crippen molar-refractivity contribution in [2.75, 3.05) is 5.32 Å². The number of benzene rings is 2. The summed E-state index contributed by atoms with van der Waals surface area (Å²) in [5.41, 5.74) is 0.505. The van der Waals surface area contributed by atoms with Crippen LogP contribution in [0.25, 0.3) is 0 Å². The predicted octanol–water partition coefficient (Wildman–Crippen LogP) is 4.66. The molecule has 6 heteroatoms. The van der Waals surface area contributed by atoms with Crippen molar-refractivity contribution in [2.24, 2.45) is 5.92 Å². The molecular formula is C21H23F2NO3. The van der Waals surface area contributed by atoms with Crippen molar-refractivity contribution in [3.8, 4) is 0 Å². The number of halogens is 2. The van der Waals surface area contributed by atoms with Gasteiger partial charge in [-0.25, -0.2) is 8.78 Å². The van der Waals surface area contributed by atoms with Crippen LogP contribution in [-0.4, -0.2) is 18.0 Å². The molecule has 0 aliphatic heterocycles. The number of hydrogen-bond donors (Lipinski definition) is 1. The van der Waals surface area contributed by atoms with E-state index in [0.29, 0.717) is 0 Å². The lowest BCUT2D eigenvalue weighted by Gasteiger charge is -2.24. The van der Waals surface area contributed by atoms with E-state index in [1.165, 1.54) is 6.92 Å². The number of carbonyl (C=O) groups excluding carboxylic acids is 2. The molecule has 0 saturated carbocycles. The smallest absolute Gasteiger partial charge is 0.314 e. The summed E-state index contributed by atoms with van der Waals surface area (Å²) in [7, 11) is 0. The lowest BCUT2D eigenvalue weighted by atomic mass is 9.85. The highest BCUT2D eigenvalue weighted by Crippen LogP contribution is 2.29. The van der Waals surface area contributed by atoms with Gasteiger partial charge in [0.15, 0.2) is 6.10 Å². The van der Waals surface area contributed by atoms with Gasteiger partial charge in [-0.15, -0.1) is 0 Å². The summed E-state index contributed by atoms with van der Waals surface area (Å²) in [6, 6.07) is 11.9. The van der Waals surface area contributed by atoms with E-state index < -0.39 is 35.5 Å². The third kappa shape index (κ3) is 5.36. The Bertz CT molecular complexity index is 795. The van der Waals surface area contributed by atoms with E-state index in [0.717, 1.165) is 30.2 Å². The van der Waals surface area contributed by atoms with Gasteiger partial charge >= 0.3 is 5.97 Å². The van der Waals surface area contributed by atoms with E-state index in [1.807, 2.05) is 44.2 Å². The third-order valence-corrected chi connectivity index (χ3v) is 4.47. The highest BCUT2D eigenvalue weighted by molar-refractivity contribution is 5.95. The molecule has 144 valence electrons. The second-order valence-corrected chi connectivity index (χ2v) is 6.47. The highest BCUT2D eigenvalue weighted by Gasteiger charge is 2.30. The van der Waals surface area contributed by atoms with Crippen LogP contribution >= 0.6 is 0 Å². The number of esters is 1. The second kappa shape index (κ2) is 9.26. The molecule has 0 fully saturated rings. The van der Waals surface area contributed by atoms with Crippen molar-refractivity contribution in [1.82, 2.24) is 0 Å². The van der Waals surface area contributed by atoms with Crippen LogP contribution in [0.1, 0.15) is 38.7 Å². The maximum absolute atomic E-state index is 13.7. The zero-order chi connectivity index (χ0) is 20.0. The summed E-state index contributed by atoms with van der Waals surface area (Å²) < 4.78 is 32.2. The van der Waals surface area contributed by atoms with E-state index in [4.69, 9.17) is 4.74 Å². The minimum atomic E-state index is -1.16. The fraction of sp³-hybridized carbons (Fsp3) is 0.333. The first kappa shape index (κ1) is 20.6. The summed E-state index contributed by atoms with van der Waals surface area (Å²) in [6.45, 7) is 5.30. The molecule has 2 aromatic carbocycles. The largest absolute Gasteiger partial charge is 0.452 e. The van der Waals surface area contributed by atoms with Gasteiger partial charge in [0.2, 0.25) is 0 Å². The van der Waals surface area contributed by atoms with Crippen molar-refractivity contribution in [3.63, 3.8) is 0 Å². The number of carbonyl (C=O) groups is 2. The van der Waals surface area contributed by atoms with Crippen LogP contribution in [-0.2, 0) is 14.3 Å². The fourth-order valence-electron chi connectivity index (χ4n) is 2.72. The molecule has 0 saturated heterocycles. The molecule has 3 atom stereocenters. The van der Waals surface area contributed by atoms with Gasteiger partial charge in [0.1, 0.15) is 11.6 Å². The van der Waals surface area contributed by atoms with Gasteiger partial charge in [-0.3, -0.25) is 9.59 Å². The molecule has 2 rings (SSSR count). The average molecular weight is 375 g/mol. The maximum Gasteiger partial charge on any atom is 0.314 e. The monoisotopic (exact) mass is 375 g/mol. The highest BCUT2D eigenvalue weighted by atomic mass is 19.1. The van der Waals surface area contributed by atoms with Crippen LogP contribution in [0, 0.1) is 17.6 Å². The Hall–Kier alpha value is -2.76. The van der Waals surface area contributed by atoms with Gasteiger partial charge in [0.25, 0.3) is 5.91 Å². The zero-order valence-corrected chi connectivity index (χ0v) is 15.5. The van der Waals surface area contributed by atoms with E-state index in [-0.39, 0.29) is 11.6 Å². The van der Waals surface area contributed by atoms with Gasteiger partial charge in [-0.1, -0.05) is 50.6 Å². The van der Waals surface area contributed by atoms with E-state index >= 15 is 0 Å². The molecule has 0 unspecified atom stereocenters. The summed E-state index contributed by atoms with van der Waals surface area (Å²) in [5, 5.41) is 2.25. The van der Waals surface area contributed by atoms with Crippen LogP contribution in [0.2, 0.25) is 0 Å². The maximum atomic E-state index is 13.7. The normalized spacial score (nSPS) is 14.1. The summed E-state index contributed by atoms with van der Waals surface area (Å²) in [4.78, 5) is 24.9. The van der Waals surface area contributed by atoms with Gasteiger partial charge in [-0.2, -0.15) is 0 Å². The third-order valence-electron chi connectivity index (χ3n) is 4.47. The number of hydrogen-bond acceptors (Lipinski definition) is 3. The molecule has 0 bridgehead atoms. The Kier molecular flexibility index (Phi) is 7.05. The van der Waals surface area contributed by atoms with Crippen molar-refractivity contribution in [3.05, 3.63) is 65.7 Å². The summed E-state index contributed by atoms with van der Waals surface area (Å²) >= 11 is 0. The second-order valence-electron chi connectivity index (χ2n) is 6.47. The molecule has 0 aliphatic carbocycles. The van der Waals surface area contributed by atoms with Crippen LogP contribution < -0.4 is 5.32 Å². The molecule has 0 radical (unpaired) electrons. The Labute approximate surface area is 157 Å². The molecule has 1 amide bonds. The van der Waals surface area contributed by atoms with Crippen molar-refractivity contribution in [1.29, 1.82) is 0 Å². The first-order valence-electron chi connectivity index (χ1n) is 8.84. The topological polar surface area (TPSA) is 55.4 Å². The zero-order valence-electron chi connectivity index (χ0n) is 15.5. The van der Waals surface area contributed by atoms with Gasteiger partial charge < -0.3 is 10.1 Å². The average Bonchev–Trinajstić information content (AvgIpc) is 2.65. The Balaban J connectivity index is 2.10.